The monoisotopic (exact) mass is 279 g/mol. The van der Waals surface area contributed by atoms with E-state index in [1.54, 1.807) is 20.3 Å². The molecule has 5 nitrogen and oxygen atoms in total. The molecule has 6 heteroatoms. The zero-order valence-corrected chi connectivity index (χ0v) is 12.1. The van der Waals surface area contributed by atoms with E-state index in [0.717, 1.165) is 17.9 Å². The van der Waals surface area contributed by atoms with Crippen LogP contribution in [0.3, 0.4) is 0 Å². The van der Waals surface area contributed by atoms with Crippen molar-refractivity contribution in [2.24, 2.45) is 5.16 Å². The molecular weight excluding hydrogens is 262 g/mol. The van der Waals surface area contributed by atoms with Crippen LogP contribution < -0.4 is 4.90 Å². The highest BCUT2D eigenvalue weighted by Gasteiger charge is 2.13. The van der Waals surface area contributed by atoms with Crippen molar-refractivity contribution in [3.8, 4) is 0 Å². The summed E-state index contributed by atoms with van der Waals surface area (Å²) in [5.74, 6) is 1.08. The number of benzene rings is 1. The highest BCUT2D eigenvalue weighted by atomic mass is 32.2. The molecule has 0 N–H and O–H groups in total. The normalized spacial score (nSPS) is 14.4. The Morgan fingerprint density at radius 1 is 1.53 bits per heavy atom. The number of rotatable bonds is 2. The number of carbonyl (C=O) groups excluding carboxylic acids is 1. The van der Waals surface area contributed by atoms with E-state index in [2.05, 4.69) is 29.2 Å². The van der Waals surface area contributed by atoms with Crippen LogP contribution in [0.4, 0.5) is 10.5 Å². The van der Waals surface area contributed by atoms with Crippen LogP contribution in [-0.2, 0) is 4.84 Å². The van der Waals surface area contributed by atoms with Gasteiger partial charge in [0.25, 0.3) is 0 Å². The van der Waals surface area contributed by atoms with Gasteiger partial charge < -0.3 is 9.80 Å². The lowest BCUT2D eigenvalue weighted by atomic mass is 10.2. The van der Waals surface area contributed by atoms with Crippen LogP contribution in [0, 0.1) is 0 Å². The largest absolute Gasteiger partial charge is 0.435 e. The quantitative estimate of drug-likeness (QED) is 0.473. The van der Waals surface area contributed by atoms with Gasteiger partial charge in [0.1, 0.15) is 0 Å². The average molecular weight is 279 g/mol. The SMILES string of the molecule is CN(C)C(=O)ON=Cc1ccc2c(c1)SCCN2C. The fraction of sp³-hybridized carbons (Fsp3) is 0.385. The Hall–Kier alpha value is -1.69. The molecule has 0 unspecified atom stereocenters. The van der Waals surface area contributed by atoms with Gasteiger partial charge in [0, 0.05) is 38.3 Å². The van der Waals surface area contributed by atoms with Crippen LogP contribution in [-0.4, -0.2) is 50.6 Å². The van der Waals surface area contributed by atoms with Crippen molar-refractivity contribution in [1.82, 2.24) is 4.90 Å². The Morgan fingerprint density at radius 3 is 3.05 bits per heavy atom. The summed E-state index contributed by atoms with van der Waals surface area (Å²) >= 11 is 1.83. The van der Waals surface area contributed by atoms with E-state index < -0.39 is 6.09 Å². The molecule has 0 saturated heterocycles. The van der Waals surface area contributed by atoms with Gasteiger partial charge in [-0.2, -0.15) is 0 Å². The van der Waals surface area contributed by atoms with Gasteiger partial charge in [-0.25, -0.2) is 4.79 Å². The Balaban J connectivity index is 2.06. The fourth-order valence-electron chi connectivity index (χ4n) is 1.67. The lowest BCUT2D eigenvalue weighted by Gasteiger charge is -2.26. The van der Waals surface area contributed by atoms with Crippen LogP contribution in [0.15, 0.2) is 28.3 Å². The van der Waals surface area contributed by atoms with E-state index in [4.69, 9.17) is 4.84 Å². The lowest BCUT2D eigenvalue weighted by Crippen LogP contribution is -2.24. The summed E-state index contributed by atoms with van der Waals surface area (Å²) in [7, 11) is 5.32. The van der Waals surface area contributed by atoms with Gasteiger partial charge in [-0.15, -0.1) is 11.8 Å². The predicted octanol–water partition coefficient (Wildman–Crippen LogP) is 2.26. The summed E-state index contributed by atoms with van der Waals surface area (Å²) in [4.78, 5) is 20.7. The smallest absolute Gasteiger partial charge is 0.373 e. The van der Waals surface area contributed by atoms with E-state index in [1.165, 1.54) is 15.5 Å². The second kappa shape index (κ2) is 5.97. The van der Waals surface area contributed by atoms with Crippen LogP contribution in [0.1, 0.15) is 5.56 Å². The molecule has 19 heavy (non-hydrogen) atoms. The van der Waals surface area contributed by atoms with Crippen molar-refractivity contribution in [1.29, 1.82) is 0 Å². The summed E-state index contributed by atoms with van der Waals surface area (Å²) < 4.78 is 0. The highest BCUT2D eigenvalue weighted by molar-refractivity contribution is 7.99. The summed E-state index contributed by atoms with van der Waals surface area (Å²) in [5, 5.41) is 3.69. The number of anilines is 1. The Labute approximate surface area is 117 Å². The average Bonchev–Trinajstić information content (AvgIpc) is 2.38. The number of hydrogen-bond acceptors (Lipinski definition) is 5. The number of hydrogen-bond donors (Lipinski definition) is 0. The standard InChI is InChI=1S/C13H17N3O2S/c1-15(2)13(17)18-14-9-10-4-5-11-12(8-10)19-7-6-16(11)3/h4-5,8-9H,6-7H2,1-3H3. The molecule has 0 saturated carbocycles. The summed E-state index contributed by atoms with van der Waals surface area (Å²) in [6.07, 6.45) is 1.07. The molecule has 1 heterocycles. The Kier molecular flexibility index (Phi) is 4.31. The second-order valence-electron chi connectivity index (χ2n) is 4.48. The number of oxime groups is 1. The third kappa shape index (κ3) is 3.41. The molecule has 102 valence electrons. The van der Waals surface area contributed by atoms with Crippen LogP contribution in [0.5, 0.6) is 0 Å². The third-order valence-electron chi connectivity index (χ3n) is 2.78. The van der Waals surface area contributed by atoms with Crippen LogP contribution in [0.2, 0.25) is 0 Å². The molecule has 0 radical (unpaired) electrons. The maximum absolute atomic E-state index is 11.2. The van der Waals surface area contributed by atoms with Crippen LogP contribution in [0.25, 0.3) is 0 Å². The minimum Gasteiger partial charge on any atom is -0.373 e. The first-order valence-electron chi connectivity index (χ1n) is 5.97. The maximum atomic E-state index is 11.2. The number of fused-ring (bicyclic) bond motifs is 1. The van der Waals surface area contributed by atoms with E-state index in [1.807, 2.05) is 17.8 Å². The first-order valence-corrected chi connectivity index (χ1v) is 6.96. The van der Waals surface area contributed by atoms with Gasteiger partial charge >= 0.3 is 6.09 Å². The molecule has 1 aromatic carbocycles. The third-order valence-corrected chi connectivity index (χ3v) is 3.80. The fourth-order valence-corrected chi connectivity index (χ4v) is 2.85. The minimum atomic E-state index is -0.483. The van der Waals surface area contributed by atoms with Crippen LogP contribution >= 0.6 is 11.8 Å². The summed E-state index contributed by atoms with van der Waals surface area (Å²) in [6.45, 7) is 1.06. The van der Waals surface area contributed by atoms with Crippen molar-refractivity contribution in [2.75, 3.05) is 38.3 Å². The molecule has 1 aromatic rings. The molecule has 0 bridgehead atoms. The minimum absolute atomic E-state index is 0.483. The lowest BCUT2D eigenvalue weighted by molar-refractivity contribution is 0.123. The highest BCUT2D eigenvalue weighted by Crippen LogP contribution is 2.34. The molecule has 1 amide bonds. The van der Waals surface area contributed by atoms with E-state index in [9.17, 15) is 4.79 Å². The molecule has 2 rings (SSSR count). The number of nitrogens with zero attached hydrogens (tertiary/aromatic N) is 3. The van der Waals surface area contributed by atoms with Crippen molar-refractivity contribution in [3.63, 3.8) is 0 Å². The predicted molar refractivity (Wildman–Crippen MR) is 78.2 cm³/mol. The molecule has 0 atom stereocenters. The first-order chi connectivity index (χ1) is 9.08. The molecule has 0 spiro atoms. The van der Waals surface area contributed by atoms with Crippen molar-refractivity contribution >= 4 is 29.8 Å². The van der Waals surface area contributed by atoms with Crippen molar-refractivity contribution < 1.29 is 9.63 Å². The van der Waals surface area contributed by atoms with Gasteiger partial charge in [-0.05, 0) is 17.7 Å². The number of thioether (sulfide) groups is 1. The topological polar surface area (TPSA) is 45.1 Å². The zero-order valence-electron chi connectivity index (χ0n) is 11.3. The van der Waals surface area contributed by atoms with E-state index in [0.29, 0.717) is 0 Å². The molecule has 1 aliphatic rings. The Bertz CT molecular complexity index is 503. The maximum Gasteiger partial charge on any atom is 0.435 e. The van der Waals surface area contributed by atoms with E-state index in [-0.39, 0.29) is 0 Å². The molecule has 0 fully saturated rings. The molecule has 1 aliphatic heterocycles. The van der Waals surface area contributed by atoms with Crippen molar-refractivity contribution in [3.05, 3.63) is 23.8 Å². The van der Waals surface area contributed by atoms with Gasteiger partial charge in [-0.1, -0.05) is 11.2 Å². The summed E-state index contributed by atoms with van der Waals surface area (Å²) in [6, 6.07) is 6.09. The molecular formula is C13H17N3O2S. The second-order valence-corrected chi connectivity index (χ2v) is 5.62. The first kappa shape index (κ1) is 13.7. The van der Waals surface area contributed by atoms with E-state index >= 15 is 0 Å². The summed E-state index contributed by atoms with van der Waals surface area (Å²) in [5.41, 5.74) is 2.16. The number of amides is 1. The van der Waals surface area contributed by atoms with Gasteiger partial charge in [0.05, 0.1) is 11.9 Å². The molecule has 0 aliphatic carbocycles. The number of carbonyl (C=O) groups is 1. The van der Waals surface area contributed by atoms with Crippen molar-refractivity contribution in [2.45, 2.75) is 4.90 Å². The zero-order chi connectivity index (χ0) is 13.8. The Morgan fingerprint density at radius 2 is 2.32 bits per heavy atom. The van der Waals surface area contributed by atoms with Gasteiger partial charge in [-0.3, -0.25) is 4.84 Å². The van der Waals surface area contributed by atoms with Gasteiger partial charge in [0.2, 0.25) is 0 Å². The molecule has 0 aromatic heterocycles. The van der Waals surface area contributed by atoms with Gasteiger partial charge in [0.15, 0.2) is 0 Å².